The molecule has 0 saturated carbocycles. The molecular weight excluding hydrogens is 507 g/mol. The summed E-state index contributed by atoms with van der Waals surface area (Å²) in [5.74, 6) is -1.12. The summed E-state index contributed by atoms with van der Waals surface area (Å²) in [5, 5.41) is 2.98. The fraction of sp³-hybridized carbons (Fsp3) is 0.138. The van der Waals surface area contributed by atoms with Crippen molar-refractivity contribution in [2.24, 2.45) is 0 Å². The van der Waals surface area contributed by atoms with Gasteiger partial charge in [-0.05, 0) is 66.8 Å². The lowest BCUT2D eigenvalue weighted by molar-refractivity contribution is -0.120. The second-order valence-electron chi connectivity index (χ2n) is 8.49. The molecule has 5 nitrogen and oxygen atoms in total. The Bertz CT molecular complexity index is 1460. The number of hydrogen-bond acceptors (Lipinski definition) is 4. The van der Waals surface area contributed by atoms with Crippen LogP contribution in [0.1, 0.15) is 22.7 Å². The average Bonchev–Trinajstić information content (AvgIpc) is 2.91. The van der Waals surface area contributed by atoms with Gasteiger partial charge in [-0.1, -0.05) is 66.2 Å². The molecule has 0 spiro atoms. The van der Waals surface area contributed by atoms with Crippen LogP contribution >= 0.6 is 11.8 Å². The molecule has 1 atom stereocenters. The minimum absolute atomic E-state index is 0.0144. The van der Waals surface area contributed by atoms with Crippen molar-refractivity contribution in [3.8, 4) is 0 Å². The van der Waals surface area contributed by atoms with E-state index in [1.165, 1.54) is 42.1 Å². The van der Waals surface area contributed by atoms with E-state index in [-0.39, 0.29) is 10.6 Å². The van der Waals surface area contributed by atoms with Crippen molar-refractivity contribution in [1.82, 2.24) is 5.32 Å². The summed E-state index contributed by atoms with van der Waals surface area (Å²) < 4.78 is 42.4. The first-order chi connectivity index (χ1) is 17.8. The third-order valence-corrected chi connectivity index (χ3v) is 8.41. The zero-order valence-electron chi connectivity index (χ0n) is 20.5. The Balaban J connectivity index is 1.68. The summed E-state index contributed by atoms with van der Waals surface area (Å²) >= 11 is 1.49. The molecule has 0 heterocycles. The fourth-order valence-corrected chi connectivity index (χ4v) is 5.74. The molecule has 0 saturated heterocycles. The van der Waals surface area contributed by atoms with Gasteiger partial charge in [0.15, 0.2) is 0 Å². The zero-order valence-corrected chi connectivity index (χ0v) is 22.1. The Hall–Kier alpha value is -3.62. The molecule has 0 aromatic heterocycles. The lowest BCUT2D eigenvalue weighted by Gasteiger charge is -2.26. The Morgan fingerprint density at radius 2 is 1.54 bits per heavy atom. The topological polar surface area (TPSA) is 66.5 Å². The normalized spacial score (nSPS) is 12.1. The number of nitrogens with zero attached hydrogens (tertiary/aromatic N) is 1. The van der Waals surface area contributed by atoms with Crippen LogP contribution in [-0.2, 0) is 14.8 Å². The minimum Gasteiger partial charge on any atom is -0.344 e. The number of carbonyl (C=O) groups excluding carboxylic acids is 1. The van der Waals surface area contributed by atoms with E-state index in [2.05, 4.69) is 5.32 Å². The van der Waals surface area contributed by atoms with Crippen LogP contribution in [0.5, 0.6) is 0 Å². The smallest absolute Gasteiger partial charge is 0.264 e. The van der Waals surface area contributed by atoms with Gasteiger partial charge in [0.1, 0.15) is 12.4 Å². The molecule has 0 fully saturated rings. The Morgan fingerprint density at radius 1 is 0.892 bits per heavy atom. The summed E-state index contributed by atoms with van der Waals surface area (Å²) in [6.45, 7) is 1.46. The summed E-state index contributed by atoms with van der Waals surface area (Å²) in [7, 11) is -4.17. The van der Waals surface area contributed by atoms with Crippen molar-refractivity contribution in [2.45, 2.75) is 22.8 Å². The largest absolute Gasteiger partial charge is 0.344 e. The molecule has 0 aliphatic carbocycles. The monoisotopic (exact) mass is 534 g/mol. The van der Waals surface area contributed by atoms with Gasteiger partial charge in [-0.2, -0.15) is 0 Å². The number of carbonyl (C=O) groups is 1. The van der Waals surface area contributed by atoms with E-state index in [1.54, 1.807) is 12.1 Å². The number of thioether (sulfide) groups is 1. The van der Waals surface area contributed by atoms with Gasteiger partial charge in [-0.15, -0.1) is 11.8 Å². The van der Waals surface area contributed by atoms with Crippen LogP contribution in [-0.4, -0.2) is 27.1 Å². The number of benzene rings is 4. The van der Waals surface area contributed by atoms with E-state index in [0.717, 1.165) is 32.0 Å². The molecule has 0 radical (unpaired) electrons. The Labute approximate surface area is 221 Å². The highest BCUT2D eigenvalue weighted by Crippen LogP contribution is 2.27. The van der Waals surface area contributed by atoms with Gasteiger partial charge in [-0.3, -0.25) is 9.10 Å². The highest BCUT2D eigenvalue weighted by atomic mass is 32.2. The van der Waals surface area contributed by atoms with Crippen molar-refractivity contribution in [3.05, 3.63) is 126 Å². The maximum absolute atomic E-state index is 14.1. The number of halogens is 1. The van der Waals surface area contributed by atoms with E-state index >= 15 is 0 Å². The highest BCUT2D eigenvalue weighted by Gasteiger charge is 2.29. The molecule has 1 unspecified atom stereocenters. The van der Waals surface area contributed by atoms with E-state index in [0.29, 0.717) is 0 Å². The first-order valence-electron chi connectivity index (χ1n) is 11.6. The number of nitrogens with one attached hydrogen (secondary N) is 1. The number of aryl methyl sites for hydroxylation is 1. The molecule has 8 heteroatoms. The molecule has 0 aliphatic heterocycles. The van der Waals surface area contributed by atoms with Gasteiger partial charge in [-0.25, -0.2) is 12.8 Å². The molecule has 37 heavy (non-hydrogen) atoms. The summed E-state index contributed by atoms with van der Waals surface area (Å²) in [4.78, 5) is 14.3. The summed E-state index contributed by atoms with van der Waals surface area (Å²) in [6.07, 6.45) is 1.89. The second-order valence-corrected chi connectivity index (χ2v) is 11.2. The van der Waals surface area contributed by atoms with E-state index < -0.39 is 34.3 Å². The molecule has 0 aliphatic rings. The number of sulfonamides is 1. The molecule has 0 bridgehead atoms. The van der Waals surface area contributed by atoms with Crippen molar-refractivity contribution in [2.75, 3.05) is 17.1 Å². The molecule has 4 aromatic carbocycles. The van der Waals surface area contributed by atoms with E-state index in [9.17, 15) is 17.6 Å². The number of rotatable bonds is 9. The number of anilines is 1. The molecule has 4 aromatic rings. The Morgan fingerprint density at radius 3 is 2.16 bits per heavy atom. The predicted octanol–water partition coefficient (Wildman–Crippen LogP) is 5.96. The van der Waals surface area contributed by atoms with Crippen LogP contribution in [0.15, 0.2) is 113 Å². The third kappa shape index (κ3) is 6.39. The van der Waals surface area contributed by atoms with Gasteiger partial charge >= 0.3 is 0 Å². The zero-order chi connectivity index (χ0) is 26.4. The van der Waals surface area contributed by atoms with Crippen LogP contribution in [0.4, 0.5) is 10.1 Å². The fourth-order valence-electron chi connectivity index (χ4n) is 3.92. The van der Waals surface area contributed by atoms with Gasteiger partial charge in [0.25, 0.3) is 10.0 Å². The molecule has 4 rings (SSSR count). The average molecular weight is 535 g/mol. The first kappa shape index (κ1) is 26.4. The van der Waals surface area contributed by atoms with Crippen LogP contribution < -0.4 is 9.62 Å². The number of hydrogen-bond donors (Lipinski definition) is 1. The standard InChI is InChI=1S/C29H27FN2O3S2/c1-21-11-13-23(14-12-21)29(22-7-4-3-5-8-22)31-28(33)20-32(25-10-6-9-24(30)19-25)37(34,35)27-17-15-26(36-2)16-18-27/h3-19,29H,20H2,1-2H3,(H,31,33). The highest BCUT2D eigenvalue weighted by molar-refractivity contribution is 7.98. The first-order valence-corrected chi connectivity index (χ1v) is 14.3. The van der Waals surface area contributed by atoms with Gasteiger partial charge < -0.3 is 5.32 Å². The van der Waals surface area contributed by atoms with Gasteiger partial charge in [0.05, 0.1) is 16.6 Å². The third-order valence-electron chi connectivity index (χ3n) is 5.88. The molecule has 190 valence electrons. The number of amides is 1. The van der Waals surface area contributed by atoms with Crippen molar-refractivity contribution in [3.63, 3.8) is 0 Å². The maximum atomic E-state index is 14.1. The minimum atomic E-state index is -4.17. The van der Waals surface area contributed by atoms with Crippen molar-refractivity contribution < 1.29 is 17.6 Å². The van der Waals surface area contributed by atoms with Gasteiger partial charge in [0, 0.05) is 4.90 Å². The van der Waals surface area contributed by atoms with Gasteiger partial charge in [0.2, 0.25) is 5.91 Å². The van der Waals surface area contributed by atoms with Crippen LogP contribution in [0, 0.1) is 12.7 Å². The second kappa shape index (κ2) is 11.6. The van der Waals surface area contributed by atoms with E-state index in [1.807, 2.05) is 67.8 Å². The van der Waals surface area contributed by atoms with Crippen LogP contribution in [0.25, 0.3) is 0 Å². The van der Waals surface area contributed by atoms with Crippen LogP contribution in [0.2, 0.25) is 0 Å². The quantitative estimate of drug-likeness (QED) is 0.269. The van der Waals surface area contributed by atoms with Crippen LogP contribution in [0.3, 0.4) is 0 Å². The SMILES string of the molecule is CSc1ccc(S(=O)(=O)N(CC(=O)NC(c2ccccc2)c2ccc(C)cc2)c2cccc(F)c2)cc1. The molecular formula is C29H27FN2O3S2. The lowest BCUT2D eigenvalue weighted by Crippen LogP contribution is -2.42. The molecule has 1 amide bonds. The lowest BCUT2D eigenvalue weighted by atomic mass is 9.98. The summed E-state index contributed by atoms with van der Waals surface area (Å²) in [5.41, 5.74) is 2.86. The molecule has 1 N–H and O–H groups in total. The predicted molar refractivity (Wildman–Crippen MR) is 147 cm³/mol. The van der Waals surface area contributed by atoms with Crippen molar-refractivity contribution in [1.29, 1.82) is 0 Å². The van der Waals surface area contributed by atoms with Crippen molar-refractivity contribution >= 4 is 33.4 Å². The van der Waals surface area contributed by atoms with E-state index in [4.69, 9.17) is 0 Å². The Kier molecular flexibility index (Phi) is 8.31. The summed E-state index contributed by atoms with van der Waals surface area (Å²) in [6, 6.07) is 28.3. The maximum Gasteiger partial charge on any atom is 0.264 e.